The molecular weight excluding hydrogens is 256 g/mol. The number of aromatic nitrogens is 3. The van der Waals surface area contributed by atoms with Gasteiger partial charge >= 0.3 is 12.3 Å². The van der Waals surface area contributed by atoms with Gasteiger partial charge in [0.2, 0.25) is 0 Å². The molecule has 1 heterocycles. The van der Waals surface area contributed by atoms with Gasteiger partial charge < -0.3 is 10.4 Å². The van der Waals surface area contributed by atoms with E-state index in [9.17, 15) is 17.6 Å². The van der Waals surface area contributed by atoms with E-state index in [1.165, 1.54) is 10.9 Å². The van der Waals surface area contributed by atoms with Gasteiger partial charge in [-0.05, 0) is 6.42 Å². The molecule has 5 nitrogen and oxygen atoms in total. The zero-order valence-electron chi connectivity index (χ0n) is 9.49. The number of alkyl halides is 4. The Balaban J connectivity index is 2.33. The lowest BCUT2D eigenvalue weighted by Crippen LogP contribution is -2.38. The maximum absolute atomic E-state index is 12.5. The van der Waals surface area contributed by atoms with Crippen LogP contribution in [0.3, 0.4) is 0 Å². The molecule has 0 aromatic carbocycles. The summed E-state index contributed by atoms with van der Waals surface area (Å²) in [6.45, 7) is -0.722. The summed E-state index contributed by atoms with van der Waals surface area (Å²) in [4.78, 5) is 0. The van der Waals surface area contributed by atoms with Crippen molar-refractivity contribution in [1.29, 1.82) is 0 Å². The summed E-state index contributed by atoms with van der Waals surface area (Å²) < 4.78 is 50.2. The van der Waals surface area contributed by atoms with Gasteiger partial charge in [0, 0.05) is 25.9 Å². The van der Waals surface area contributed by atoms with E-state index in [2.05, 4.69) is 15.6 Å². The van der Waals surface area contributed by atoms with Gasteiger partial charge in [-0.2, -0.15) is 8.78 Å². The second-order valence-electron chi connectivity index (χ2n) is 3.72. The first-order valence-electron chi connectivity index (χ1n) is 5.32. The molecule has 104 valence electrons. The zero-order chi connectivity index (χ0) is 13.6. The molecule has 1 rings (SSSR count). The molecule has 18 heavy (non-hydrogen) atoms. The van der Waals surface area contributed by atoms with Gasteiger partial charge in [0.25, 0.3) is 0 Å². The molecule has 0 saturated heterocycles. The number of hydrogen-bond donors (Lipinski definition) is 2. The van der Waals surface area contributed by atoms with E-state index >= 15 is 0 Å². The maximum Gasteiger partial charge on any atom is 0.319 e. The number of nitrogens with zero attached hydrogens (tertiary/aromatic N) is 3. The number of aliphatic hydroxyl groups excluding tert-OH is 1. The Kier molecular flexibility index (Phi) is 5.48. The highest BCUT2D eigenvalue weighted by molar-refractivity contribution is 4.92. The second-order valence-corrected chi connectivity index (χ2v) is 3.72. The molecule has 2 N–H and O–H groups in total. The summed E-state index contributed by atoms with van der Waals surface area (Å²) in [6, 6.07) is 0. The largest absolute Gasteiger partial charge is 0.396 e. The molecule has 0 aliphatic carbocycles. The average molecular weight is 270 g/mol. The average Bonchev–Trinajstić information content (AvgIpc) is 2.74. The summed E-state index contributed by atoms with van der Waals surface area (Å²) in [5.74, 6) is -4.05. The number of nitrogens with one attached hydrogen (secondary N) is 1. The quantitative estimate of drug-likeness (QED) is 0.681. The number of halogens is 4. The summed E-state index contributed by atoms with van der Waals surface area (Å²) >= 11 is 0. The molecule has 1 aromatic heterocycles. The van der Waals surface area contributed by atoms with E-state index in [-0.39, 0.29) is 13.2 Å². The predicted octanol–water partition coefficient (Wildman–Crippen LogP) is 0.651. The Morgan fingerprint density at radius 1 is 1.44 bits per heavy atom. The van der Waals surface area contributed by atoms with Gasteiger partial charge in [0.1, 0.15) is 0 Å². The molecule has 1 aromatic rings. The van der Waals surface area contributed by atoms with Crippen LogP contribution in [0, 0.1) is 0 Å². The highest BCUT2D eigenvalue weighted by Crippen LogP contribution is 2.21. The summed E-state index contributed by atoms with van der Waals surface area (Å²) in [6.07, 6.45) is -1.69. The van der Waals surface area contributed by atoms with Crippen LogP contribution < -0.4 is 5.32 Å². The van der Waals surface area contributed by atoms with Crippen LogP contribution >= 0.6 is 0 Å². The molecule has 0 bridgehead atoms. The minimum Gasteiger partial charge on any atom is -0.396 e. The third-order valence-electron chi connectivity index (χ3n) is 2.12. The van der Waals surface area contributed by atoms with Gasteiger partial charge in [-0.3, -0.25) is 4.68 Å². The van der Waals surface area contributed by atoms with Gasteiger partial charge in [0.15, 0.2) is 0 Å². The van der Waals surface area contributed by atoms with Crippen molar-refractivity contribution in [3.8, 4) is 0 Å². The lowest BCUT2D eigenvalue weighted by molar-refractivity contribution is -0.125. The van der Waals surface area contributed by atoms with Crippen molar-refractivity contribution in [2.75, 3.05) is 13.2 Å². The maximum atomic E-state index is 12.5. The molecule has 0 fully saturated rings. The third-order valence-corrected chi connectivity index (χ3v) is 2.12. The minimum absolute atomic E-state index is 0.00799. The van der Waals surface area contributed by atoms with E-state index < -0.39 is 18.9 Å². The second kappa shape index (κ2) is 6.64. The minimum atomic E-state index is -4.05. The first-order chi connectivity index (χ1) is 8.45. The van der Waals surface area contributed by atoms with Crippen molar-refractivity contribution < 1.29 is 22.7 Å². The normalized spacial score (nSPS) is 12.3. The molecule has 0 saturated carbocycles. The first kappa shape index (κ1) is 14.8. The van der Waals surface area contributed by atoms with Crippen LogP contribution in [0.1, 0.15) is 12.1 Å². The van der Waals surface area contributed by atoms with Crippen molar-refractivity contribution in [3.05, 3.63) is 11.9 Å². The van der Waals surface area contributed by atoms with Crippen LogP contribution in [0.4, 0.5) is 17.6 Å². The molecule has 0 unspecified atom stereocenters. The van der Waals surface area contributed by atoms with E-state index in [1.54, 1.807) is 0 Å². The molecule has 0 atom stereocenters. The fraction of sp³-hybridized carbons (Fsp3) is 0.778. The van der Waals surface area contributed by atoms with E-state index in [4.69, 9.17) is 5.11 Å². The smallest absolute Gasteiger partial charge is 0.319 e. The van der Waals surface area contributed by atoms with Gasteiger partial charge in [-0.1, -0.05) is 5.21 Å². The molecule has 0 aliphatic rings. The first-order valence-corrected chi connectivity index (χ1v) is 5.32. The highest BCUT2D eigenvalue weighted by Gasteiger charge is 2.39. The zero-order valence-corrected chi connectivity index (χ0v) is 9.49. The SMILES string of the molecule is OCCCn1cc(CNCC(F)(F)C(F)F)nn1. The predicted molar refractivity (Wildman–Crippen MR) is 54.4 cm³/mol. The summed E-state index contributed by atoms with van der Waals surface area (Å²) in [5.41, 5.74) is 0.373. The van der Waals surface area contributed by atoms with Crippen molar-refractivity contribution >= 4 is 0 Å². The fourth-order valence-electron chi connectivity index (χ4n) is 1.20. The Hall–Kier alpha value is -1.22. The van der Waals surface area contributed by atoms with Crippen LogP contribution in [-0.4, -0.2) is 45.6 Å². The standard InChI is InChI=1S/C9H14F4N4O/c10-8(11)9(12,13)6-14-4-7-5-17(16-15-7)2-1-3-18/h5,8,14,18H,1-4,6H2. The molecule has 0 radical (unpaired) electrons. The van der Waals surface area contributed by atoms with Gasteiger partial charge in [-0.25, -0.2) is 8.78 Å². The van der Waals surface area contributed by atoms with E-state index in [1.807, 2.05) is 0 Å². The lowest BCUT2D eigenvalue weighted by atomic mass is 10.3. The molecule has 0 amide bonds. The summed E-state index contributed by atoms with van der Waals surface area (Å²) in [7, 11) is 0. The van der Waals surface area contributed by atoms with Crippen LogP contribution in [0.5, 0.6) is 0 Å². The molecule has 0 spiro atoms. The topological polar surface area (TPSA) is 63.0 Å². The van der Waals surface area contributed by atoms with Crippen molar-refractivity contribution in [2.45, 2.75) is 31.9 Å². The molecule has 9 heteroatoms. The van der Waals surface area contributed by atoms with Crippen LogP contribution in [0.15, 0.2) is 6.20 Å². The van der Waals surface area contributed by atoms with Crippen molar-refractivity contribution in [2.24, 2.45) is 0 Å². The van der Waals surface area contributed by atoms with E-state index in [0.717, 1.165) is 0 Å². The monoisotopic (exact) mass is 270 g/mol. The van der Waals surface area contributed by atoms with Crippen LogP contribution in [-0.2, 0) is 13.1 Å². The number of aliphatic hydroxyl groups is 1. The molecular formula is C9H14F4N4O. The lowest BCUT2D eigenvalue weighted by Gasteiger charge is -2.14. The fourth-order valence-corrected chi connectivity index (χ4v) is 1.20. The van der Waals surface area contributed by atoms with Gasteiger partial charge in [-0.15, -0.1) is 5.10 Å². The van der Waals surface area contributed by atoms with Crippen LogP contribution in [0.2, 0.25) is 0 Å². The Bertz CT molecular complexity index is 358. The van der Waals surface area contributed by atoms with Crippen LogP contribution in [0.25, 0.3) is 0 Å². The van der Waals surface area contributed by atoms with Crippen molar-refractivity contribution in [1.82, 2.24) is 20.3 Å². The number of rotatable bonds is 8. The highest BCUT2D eigenvalue weighted by atomic mass is 19.3. The Morgan fingerprint density at radius 3 is 2.78 bits per heavy atom. The number of aryl methyl sites for hydroxylation is 1. The summed E-state index contributed by atoms with van der Waals surface area (Å²) in [5, 5.41) is 18.1. The van der Waals surface area contributed by atoms with E-state index in [0.29, 0.717) is 18.7 Å². The number of hydrogen-bond acceptors (Lipinski definition) is 4. The van der Waals surface area contributed by atoms with Crippen molar-refractivity contribution in [3.63, 3.8) is 0 Å². The third kappa shape index (κ3) is 4.57. The Morgan fingerprint density at radius 2 is 2.17 bits per heavy atom. The van der Waals surface area contributed by atoms with Gasteiger partial charge in [0.05, 0.1) is 12.2 Å². The molecule has 0 aliphatic heterocycles. The Labute approximate surface area is 101 Å².